The van der Waals surface area contributed by atoms with Crippen molar-refractivity contribution in [2.75, 3.05) is 11.1 Å². The molecule has 0 unspecified atom stereocenters. The van der Waals surface area contributed by atoms with Crippen molar-refractivity contribution >= 4 is 23.6 Å². The number of amides is 1. The number of hydrogen-bond donors (Lipinski definition) is 1. The van der Waals surface area contributed by atoms with Crippen LogP contribution in [-0.4, -0.2) is 31.6 Å². The minimum atomic E-state index is -0.155. The van der Waals surface area contributed by atoms with E-state index in [9.17, 15) is 4.79 Å². The molecule has 0 fully saturated rings. The third kappa shape index (κ3) is 4.21. The van der Waals surface area contributed by atoms with E-state index in [0.717, 1.165) is 42.4 Å². The second kappa shape index (κ2) is 7.96. The van der Waals surface area contributed by atoms with E-state index < -0.39 is 0 Å². The Kier molecular flexibility index (Phi) is 5.24. The number of anilines is 1. The van der Waals surface area contributed by atoms with Gasteiger partial charge in [-0.2, -0.15) is 0 Å². The zero-order valence-electron chi connectivity index (χ0n) is 15.1. The van der Waals surface area contributed by atoms with Gasteiger partial charge < -0.3 is 9.09 Å². The molecule has 0 bridgehead atoms. The topological polar surface area (TPSA) is 85.8 Å². The summed E-state index contributed by atoms with van der Waals surface area (Å²) in [7, 11) is 0. The Bertz CT molecular complexity index is 932. The number of carbonyl (C=O) groups excluding carboxylic acids is 1. The Balaban J connectivity index is 1.35. The van der Waals surface area contributed by atoms with Crippen LogP contribution in [0.5, 0.6) is 0 Å². The van der Waals surface area contributed by atoms with E-state index in [1.807, 2.05) is 31.2 Å². The normalized spacial score (nSPS) is 13.8. The zero-order valence-corrected chi connectivity index (χ0v) is 16.0. The first-order valence-corrected chi connectivity index (χ1v) is 10.1. The predicted octanol–water partition coefficient (Wildman–Crippen LogP) is 3.70. The summed E-state index contributed by atoms with van der Waals surface area (Å²) in [5.74, 6) is 1.46. The van der Waals surface area contributed by atoms with Crippen molar-refractivity contribution in [2.45, 2.75) is 44.3 Å². The fraction of sp³-hybridized carbons (Fsp3) is 0.368. The largest absolute Gasteiger partial charge is 0.338 e. The SMILES string of the molecule is Cc1ccc(-c2cc(NC(=O)CSc3nnc4n3CCCCC4)on2)cc1. The zero-order chi connectivity index (χ0) is 18.6. The van der Waals surface area contributed by atoms with E-state index in [1.54, 1.807) is 6.07 Å². The van der Waals surface area contributed by atoms with E-state index in [-0.39, 0.29) is 11.7 Å². The molecular weight excluding hydrogens is 362 g/mol. The highest BCUT2D eigenvalue weighted by Crippen LogP contribution is 2.24. The number of benzene rings is 1. The maximum absolute atomic E-state index is 12.3. The lowest BCUT2D eigenvalue weighted by Gasteiger charge is -2.05. The molecule has 0 atom stereocenters. The second-order valence-corrected chi connectivity index (χ2v) is 7.58. The van der Waals surface area contributed by atoms with Gasteiger partial charge in [-0.1, -0.05) is 53.2 Å². The van der Waals surface area contributed by atoms with Crippen LogP contribution in [0.3, 0.4) is 0 Å². The standard InChI is InChI=1S/C19H21N5O2S/c1-13-6-8-14(9-7-13)15-11-18(26-23-15)20-17(25)12-27-19-22-21-16-5-3-2-4-10-24(16)19/h6-9,11H,2-5,10,12H2,1H3,(H,20,25). The number of carbonyl (C=O) groups is 1. The van der Waals surface area contributed by atoms with Crippen LogP contribution in [0.4, 0.5) is 5.88 Å². The van der Waals surface area contributed by atoms with Crippen LogP contribution in [0.15, 0.2) is 40.0 Å². The number of thioether (sulfide) groups is 1. The van der Waals surface area contributed by atoms with Gasteiger partial charge in [0.25, 0.3) is 0 Å². The monoisotopic (exact) mass is 383 g/mol. The molecule has 1 aliphatic rings. The van der Waals surface area contributed by atoms with Crippen LogP contribution >= 0.6 is 11.8 Å². The molecule has 27 heavy (non-hydrogen) atoms. The van der Waals surface area contributed by atoms with Gasteiger partial charge in [0.1, 0.15) is 11.5 Å². The Morgan fingerprint density at radius 1 is 1.22 bits per heavy atom. The number of rotatable bonds is 5. The maximum Gasteiger partial charge on any atom is 0.237 e. The molecule has 4 rings (SSSR count). The molecule has 7 nitrogen and oxygen atoms in total. The molecule has 3 heterocycles. The number of fused-ring (bicyclic) bond motifs is 1. The number of aromatic nitrogens is 4. The average molecular weight is 383 g/mol. The fourth-order valence-electron chi connectivity index (χ4n) is 3.06. The van der Waals surface area contributed by atoms with Gasteiger partial charge in [0.15, 0.2) is 5.16 Å². The summed E-state index contributed by atoms with van der Waals surface area (Å²) >= 11 is 1.40. The third-order valence-corrected chi connectivity index (χ3v) is 5.49. The van der Waals surface area contributed by atoms with Crippen molar-refractivity contribution < 1.29 is 9.32 Å². The predicted molar refractivity (Wildman–Crippen MR) is 104 cm³/mol. The summed E-state index contributed by atoms with van der Waals surface area (Å²) in [5, 5.41) is 16.1. The van der Waals surface area contributed by atoms with Crippen molar-refractivity contribution in [3.8, 4) is 11.3 Å². The first-order valence-electron chi connectivity index (χ1n) is 9.07. The molecule has 140 valence electrons. The number of hydrogen-bond acceptors (Lipinski definition) is 6. The highest BCUT2D eigenvalue weighted by Gasteiger charge is 2.17. The molecular formula is C19H21N5O2S. The van der Waals surface area contributed by atoms with E-state index in [0.29, 0.717) is 11.6 Å². The molecule has 1 aliphatic heterocycles. The summed E-state index contributed by atoms with van der Waals surface area (Å²) in [6.45, 7) is 2.96. The molecule has 0 aliphatic carbocycles. The first-order chi connectivity index (χ1) is 13.2. The molecule has 1 N–H and O–H groups in total. The van der Waals surface area contributed by atoms with Crippen LogP contribution in [0.2, 0.25) is 0 Å². The van der Waals surface area contributed by atoms with Gasteiger partial charge in [-0.05, 0) is 19.8 Å². The minimum Gasteiger partial charge on any atom is -0.338 e. The Morgan fingerprint density at radius 2 is 2.07 bits per heavy atom. The lowest BCUT2D eigenvalue weighted by Crippen LogP contribution is -2.14. The highest BCUT2D eigenvalue weighted by atomic mass is 32.2. The summed E-state index contributed by atoms with van der Waals surface area (Å²) < 4.78 is 7.37. The van der Waals surface area contributed by atoms with Crippen LogP contribution in [0.25, 0.3) is 11.3 Å². The van der Waals surface area contributed by atoms with Crippen LogP contribution in [-0.2, 0) is 17.8 Å². The summed E-state index contributed by atoms with van der Waals surface area (Å²) in [6.07, 6.45) is 4.45. The van der Waals surface area contributed by atoms with Crippen molar-refractivity contribution in [3.05, 3.63) is 41.7 Å². The van der Waals surface area contributed by atoms with Gasteiger partial charge in [-0.15, -0.1) is 10.2 Å². The van der Waals surface area contributed by atoms with E-state index in [1.165, 1.54) is 23.7 Å². The lowest BCUT2D eigenvalue weighted by molar-refractivity contribution is -0.113. The van der Waals surface area contributed by atoms with Gasteiger partial charge in [0.05, 0.1) is 5.75 Å². The molecule has 8 heteroatoms. The summed E-state index contributed by atoms with van der Waals surface area (Å²) in [5.41, 5.74) is 2.82. The number of nitrogens with one attached hydrogen (secondary N) is 1. The van der Waals surface area contributed by atoms with Gasteiger partial charge in [0, 0.05) is 24.6 Å². The average Bonchev–Trinajstić information content (AvgIpc) is 3.21. The van der Waals surface area contributed by atoms with Crippen molar-refractivity contribution in [2.24, 2.45) is 0 Å². The van der Waals surface area contributed by atoms with Crippen molar-refractivity contribution in [1.29, 1.82) is 0 Å². The third-order valence-electron chi connectivity index (χ3n) is 4.53. The maximum atomic E-state index is 12.3. The van der Waals surface area contributed by atoms with E-state index >= 15 is 0 Å². The van der Waals surface area contributed by atoms with E-state index in [4.69, 9.17) is 4.52 Å². The van der Waals surface area contributed by atoms with Crippen LogP contribution in [0, 0.1) is 6.92 Å². The quantitative estimate of drug-likeness (QED) is 0.676. The summed E-state index contributed by atoms with van der Waals surface area (Å²) in [4.78, 5) is 12.3. The Labute approximate surface area is 161 Å². The van der Waals surface area contributed by atoms with Gasteiger partial charge in [-0.25, -0.2) is 0 Å². The smallest absolute Gasteiger partial charge is 0.237 e. The Hall–Kier alpha value is -2.61. The highest BCUT2D eigenvalue weighted by molar-refractivity contribution is 7.99. The molecule has 2 aromatic heterocycles. The van der Waals surface area contributed by atoms with Gasteiger partial charge in [0.2, 0.25) is 11.8 Å². The van der Waals surface area contributed by atoms with Crippen molar-refractivity contribution in [1.82, 2.24) is 19.9 Å². The van der Waals surface area contributed by atoms with Crippen LogP contribution < -0.4 is 5.32 Å². The molecule has 0 saturated heterocycles. The first kappa shape index (κ1) is 17.8. The molecule has 1 amide bonds. The number of aryl methyl sites for hydroxylation is 2. The number of nitrogens with zero attached hydrogens (tertiary/aromatic N) is 4. The molecule has 0 saturated carbocycles. The van der Waals surface area contributed by atoms with Gasteiger partial charge >= 0.3 is 0 Å². The van der Waals surface area contributed by atoms with E-state index in [2.05, 4.69) is 25.2 Å². The molecule has 0 radical (unpaired) electrons. The Morgan fingerprint density at radius 3 is 2.93 bits per heavy atom. The lowest BCUT2D eigenvalue weighted by atomic mass is 10.1. The van der Waals surface area contributed by atoms with Crippen molar-refractivity contribution in [3.63, 3.8) is 0 Å². The van der Waals surface area contributed by atoms with Crippen LogP contribution in [0.1, 0.15) is 30.7 Å². The molecule has 3 aromatic rings. The minimum absolute atomic E-state index is 0.155. The summed E-state index contributed by atoms with van der Waals surface area (Å²) in [6, 6.07) is 9.72. The molecule has 0 spiro atoms. The second-order valence-electron chi connectivity index (χ2n) is 6.64. The fourth-order valence-corrected chi connectivity index (χ4v) is 3.85. The van der Waals surface area contributed by atoms with Gasteiger partial charge in [-0.3, -0.25) is 10.1 Å². The molecule has 1 aromatic carbocycles.